The van der Waals surface area contributed by atoms with Gasteiger partial charge in [0, 0.05) is 29.4 Å². The van der Waals surface area contributed by atoms with Crippen LogP contribution in [-0.2, 0) is 0 Å². The van der Waals surface area contributed by atoms with Crippen LogP contribution in [-0.4, -0.2) is 29.3 Å². The average Bonchev–Trinajstić information content (AvgIpc) is 2.70. The molecule has 0 aromatic heterocycles. The highest BCUT2D eigenvalue weighted by molar-refractivity contribution is 6.31. The van der Waals surface area contributed by atoms with Gasteiger partial charge in [-0.25, -0.2) is 4.39 Å². The molecule has 27 heavy (non-hydrogen) atoms. The molecule has 1 aliphatic rings. The van der Waals surface area contributed by atoms with Crippen LogP contribution in [0.5, 0.6) is 0 Å². The van der Waals surface area contributed by atoms with Crippen molar-refractivity contribution in [3.05, 3.63) is 64.4 Å². The molecule has 0 saturated carbocycles. The highest BCUT2D eigenvalue weighted by Crippen LogP contribution is 2.23. The highest BCUT2D eigenvalue weighted by atomic mass is 35.5. The largest absolute Gasteiger partial charge is 0.336 e. The first-order valence-electron chi connectivity index (χ1n) is 9.17. The van der Waals surface area contributed by atoms with Crippen molar-refractivity contribution < 1.29 is 14.0 Å². The maximum atomic E-state index is 13.3. The first-order valence-corrected chi connectivity index (χ1v) is 9.55. The normalized spacial score (nSPS) is 16.9. The van der Waals surface area contributed by atoms with Gasteiger partial charge in [0.1, 0.15) is 5.82 Å². The molecule has 0 bridgehead atoms. The van der Waals surface area contributed by atoms with E-state index in [1.807, 2.05) is 4.90 Å². The van der Waals surface area contributed by atoms with Crippen molar-refractivity contribution in [3.63, 3.8) is 0 Å². The summed E-state index contributed by atoms with van der Waals surface area (Å²) in [5.74, 6) is -0.965. The van der Waals surface area contributed by atoms with Crippen LogP contribution in [0.3, 0.4) is 0 Å². The van der Waals surface area contributed by atoms with E-state index < -0.39 is 5.82 Å². The molecular formula is C21H22ClFN2O2. The second-order valence-corrected chi connectivity index (χ2v) is 7.13. The van der Waals surface area contributed by atoms with Crippen LogP contribution in [0.2, 0.25) is 5.02 Å². The lowest BCUT2D eigenvalue weighted by Gasteiger charge is -2.35. The molecule has 142 valence electrons. The lowest BCUT2D eigenvalue weighted by Crippen LogP contribution is -2.43. The zero-order valence-corrected chi connectivity index (χ0v) is 15.9. The molecular weight excluding hydrogens is 367 g/mol. The third-order valence-corrected chi connectivity index (χ3v) is 5.20. The summed E-state index contributed by atoms with van der Waals surface area (Å²) in [7, 11) is 0. The lowest BCUT2D eigenvalue weighted by atomic mass is 9.98. The number of carbonyl (C=O) groups is 2. The molecule has 4 nitrogen and oxygen atoms in total. The summed E-state index contributed by atoms with van der Waals surface area (Å²) in [4.78, 5) is 27.3. The fourth-order valence-corrected chi connectivity index (χ4v) is 3.61. The number of benzene rings is 2. The Balaban J connectivity index is 1.77. The van der Waals surface area contributed by atoms with Gasteiger partial charge in [0.05, 0.1) is 5.02 Å². The zero-order valence-electron chi connectivity index (χ0n) is 15.2. The SMILES string of the molecule is CCC1CCCCN1C(=O)c1cccc(C(=O)Nc2ccc(F)c(Cl)c2)c1. The molecule has 1 N–H and O–H groups in total. The molecule has 0 radical (unpaired) electrons. The van der Waals surface area contributed by atoms with E-state index in [1.165, 1.54) is 18.2 Å². The van der Waals surface area contributed by atoms with Gasteiger partial charge in [-0.1, -0.05) is 24.6 Å². The van der Waals surface area contributed by atoms with Crippen LogP contribution in [0.4, 0.5) is 10.1 Å². The van der Waals surface area contributed by atoms with E-state index in [2.05, 4.69) is 12.2 Å². The summed E-state index contributed by atoms with van der Waals surface area (Å²) in [5, 5.41) is 2.61. The summed E-state index contributed by atoms with van der Waals surface area (Å²) < 4.78 is 13.3. The van der Waals surface area contributed by atoms with E-state index in [0.717, 1.165) is 32.2 Å². The molecule has 2 aromatic rings. The van der Waals surface area contributed by atoms with Crippen molar-refractivity contribution in [2.24, 2.45) is 0 Å². The molecule has 1 saturated heterocycles. The maximum Gasteiger partial charge on any atom is 0.255 e. The van der Waals surface area contributed by atoms with Crippen molar-refractivity contribution in [3.8, 4) is 0 Å². The first-order chi connectivity index (χ1) is 13.0. The number of nitrogens with one attached hydrogen (secondary N) is 1. The second-order valence-electron chi connectivity index (χ2n) is 6.72. The quantitative estimate of drug-likeness (QED) is 0.788. The number of piperidine rings is 1. The molecule has 2 amide bonds. The molecule has 0 aliphatic carbocycles. The van der Waals surface area contributed by atoms with E-state index in [1.54, 1.807) is 24.3 Å². The molecule has 2 aromatic carbocycles. The van der Waals surface area contributed by atoms with Gasteiger partial charge < -0.3 is 10.2 Å². The molecule has 1 unspecified atom stereocenters. The minimum Gasteiger partial charge on any atom is -0.336 e. The number of rotatable bonds is 4. The topological polar surface area (TPSA) is 49.4 Å². The van der Waals surface area contributed by atoms with Gasteiger partial charge in [0.25, 0.3) is 11.8 Å². The number of amides is 2. The minimum atomic E-state index is -0.547. The Morgan fingerprint density at radius 1 is 1.19 bits per heavy atom. The number of hydrogen-bond donors (Lipinski definition) is 1. The molecule has 0 spiro atoms. The zero-order chi connectivity index (χ0) is 19.4. The van der Waals surface area contributed by atoms with Crippen LogP contribution in [0.25, 0.3) is 0 Å². The van der Waals surface area contributed by atoms with E-state index in [0.29, 0.717) is 16.8 Å². The van der Waals surface area contributed by atoms with E-state index >= 15 is 0 Å². The molecule has 1 atom stereocenters. The minimum absolute atomic E-state index is 0.0407. The van der Waals surface area contributed by atoms with Gasteiger partial charge in [-0.05, 0) is 62.1 Å². The van der Waals surface area contributed by atoms with Crippen LogP contribution in [0.1, 0.15) is 53.3 Å². The molecule has 1 fully saturated rings. The van der Waals surface area contributed by atoms with Gasteiger partial charge in [0.2, 0.25) is 0 Å². The van der Waals surface area contributed by atoms with Crippen LogP contribution >= 0.6 is 11.6 Å². The Kier molecular flexibility index (Phi) is 6.11. The fourth-order valence-electron chi connectivity index (χ4n) is 3.43. The third-order valence-electron chi connectivity index (χ3n) is 4.91. The van der Waals surface area contributed by atoms with Crippen molar-refractivity contribution >= 4 is 29.1 Å². The van der Waals surface area contributed by atoms with Gasteiger partial charge >= 0.3 is 0 Å². The summed E-state index contributed by atoms with van der Waals surface area (Å²) in [6.45, 7) is 2.84. The Labute approximate surface area is 163 Å². The number of halogens is 2. The maximum absolute atomic E-state index is 13.3. The second kappa shape index (κ2) is 8.53. The number of nitrogens with zero attached hydrogens (tertiary/aromatic N) is 1. The Morgan fingerprint density at radius 2 is 1.96 bits per heavy atom. The van der Waals surface area contributed by atoms with Gasteiger partial charge in [0.15, 0.2) is 0 Å². The molecule has 1 heterocycles. The van der Waals surface area contributed by atoms with Crippen LogP contribution < -0.4 is 5.32 Å². The highest BCUT2D eigenvalue weighted by Gasteiger charge is 2.26. The monoisotopic (exact) mass is 388 g/mol. The molecule has 1 aliphatic heterocycles. The smallest absolute Gasteiger partial charge is 0.255 e. The molecule has 3 rings (SSSR count). The number of carbonyl (C=O) groups excluding carboxylic acids is 2. The van der Waals surface area contributed by atoms with Crippen LogP contribution in [0, 0.1) is 5.82 Å². The Morgan fingerprint density at radius 3 is 2.70 bits per heavy atom. The van der Waals surface area contributed by atoms with Crippen molar-refractivity contribution in [2.45, 2.75) is 38.6 Å². The van der Waals surface area contributed by atoms with Crippen LogP contribution in [0.15, 0.2) is 42.5 Å². The van der Waals surface area contributed by atoms with E-state index in [9.17, 15) is 14.0 Å². The van der Waals surface area contributed by atoms with E-state index in [-0.39, 0.29) is 22.9 Å². The number of anilines is 1. The summed E-state index contributed by atoms with van der Waals surface area (Å²) >= 11 is 5.75. The standard InChI is InChI=1S/C21H22ClFN2O2/c1-2-17-8-3-4-11-25(17)21(27)15-7-5-6-14(12-15)20(26)24-16-9-10-19(23)18(22)13-16/h5-7,9-10,12-13,17H,2-4,8,11H2,1H3,(H,24,26). The summed E-state index contributed by atoms with van der Waals surface area (Å²) in [5.41, 5.74) is 1.26. The summed E-state index contributed by atoms with van der Waals surface area (Å²) in [6.07, 6.45) is 4.10. The number of hydrogen-bond acceptors (Lipinski definition) is 2. The third kappa shape index (κ3) is 4.48. The predicted molar refractivity (Wildman–Crippen MR) is 105 cm³/mol. The number of likely N-dealkylation sites (tertiary alicyclic amines) is 1. The van der Waals surface area contributed by atoms with E-state index in [4.69, 9.17) is 11.6 Å². The van der Waals surface area contributed by atoms with Crippen molar-refractivity contribution in [1.82, 2.24) is 4.90 Å². The van der Waals surface area contributed by atoms with Gasteiger partial charge in [-0.15, -0.1) is 0 Å². The lowest BCUT2D eigenvalue weighted by molar-refractivity contribution is 0.0608. The molecule has 6 heteroatoms. The van der Waals surface area contributed by atoms with Gasteiger partial charge in [-0.3, -0.25) is 9.59 Å². The fraction of sp³-hybridized carbons (Fsp3) is 0.333. The first kappa shape index (κ1) is 19.4. The average molecular weight is 389 g/mol. The van der Waals surface area contributed by atoms with Crippen molar-refractivity contribution in [2.75, 3.05) is 11.9 Å². The van der Waals surface area contributed by atoms with Crippen molar-refractivity contribution in [1.29, 1.82) is 0 Å². The Hall–Kier alpha value is -2.40. The summed E-state index contributed by atoms with van der Waals surface area (Å²) in [6, 6.07) is 10.9. The predicted octanol–water partition coefficient (Wildman–Crippen LogP) is 5.14. The van der Waals surface area contributed by atoms with Gasteiger partial charge in [-0.2, -0.15) is 0 Å². The Bertz CT molecular complexity index is 856.